The van der Waals surface area contributed by atoms with Gasteiger partial charge in [0.2, 0.25) is 5.91 Å². The fourth-order valence-electron chi connectivity index (χ4n) is 4.09. The SMILES string of the molecule is COc1ccc(C2CC(=O)CC(c3ccc(OC)cc3)C2(C#N)C(N)=O)cc1. The van der Waals surface area contributed by atoms with Crippen molar-refractivity contribution in [3.05, 3.63) is 59.7 Å². The van der Waals surface area contributed by atoms with Crippen molar-refractivity contribution < 1.29 is 19.1 Å². The Morgan fingerprint density at radius 3 is 1.64 bits per heavy atom. The summed E-state index contributed by atoms with van der Waals surface area (Å²) in [4.78, 5) is 25.3. The molecule has 3 rings (SSSR count). The lowest BCUT2D eigenvalue weighted by Crippen LogP contribution is -2.49. The lowest BCUT2D eigenvalue weighted by Gasteiger charge is -2.42. The predicted octanol–water partition coefficient (Wildman–Crippen LogP) is 2.93. The van der Waals surface area contributed by atoms with E-state index in [0.717, 1.165) is 0 Å². The van der Waals surface area contributed by atoms with Crippen molar-refractivity contribution in [1.29, 1.82) is 5.26 Å². The van der Waals surface area contributed by atoms with Crippen LogP contribution in [0.2, 0.25) is 0 Å². The van der Waals surface area contributed by atoms with Crippen molar-refractivity contribution in [2.75, 3.05) is 14.2 Å². The van der Waals surface area contributed by atoms with Crippen LogP contribution in [0.25, 0.3) is 0 Å². The first-order valence-electron chi connectivity index (χ1n) is 8.97. The van der Waals surface area contributed by atoms with Gasteiger partial charge in [-0.3, -0.25) is 9.59 Å². The van der Waals surface area contributed by atoms with Gasteiger partial charge in [0.1, 0.15) is 22.7 Å². The number of carbonyl (C=O) groups excluding carboxylic acids is 2. The first kappa shape index (κ1) is 19.4. The zero-order chi connectivity index (χ0) is 20.3. The van der Waals surface area contributed by atoms with Crippen LogP contribution in [0.15, 0.2) is 48.5 Å². The zero-order valence-electron chi connectivity index (χ0n) is 15.8. The van der Waals surface area contributed by atoms with Gasteiger partial charge in [-0.2, -0.15) is 5.26 Å². The molecule has 0 spiro atoms. The fourth-order valence-corrected chi connectivity index (χ4v) is 4.09. The Bertz CT molecular complexity index is 854. The molecular formula is C22H22N2O4. The third-order valence-electron chi connectivity index (χ3n) is 5.59. The molecule has 1 amide bonds. The molecule has 0 heterocycles. The molecule has 0 saturated heterocycles. The zero-order valence-corrected chi connectivity index (χ0v) is 15.8. The Morgan fingerprint density at radius 2 is 1.36 bits per heavy atom. The van der Waals surface area contributed by atoms with Crippen LogP contribution >= 0.6 is 0 Å². The van der Waals surface area contributed by atoms with E-state index in [9.17, 15) is 14.9 Å². The minimum absolute atomic E-state index is 0.00578. The second-order valence-corrected chi connectivity index (χ2v) is 6.94. The van der Waals surface area contributed by atoms with Crippen molar-refractivity contribution in [3.63, 3.8) is 0 Å². The summed E-state index contributed by atoms with van der Waals surface area (Å²) in [5.74, 6) is -0.681. The third-order valence-corrected chi connectivity index (χ3v) is 5.59. The maximum absolute atomic E-state index is 12.7. The van der Waals surface area contributed by atoms with E-state index in [1.807, 2.05) is 0 Å². The van der Waals surface area contributed by atoms with E-state index in [1.165, 1.54) is 0 Å². The van der Waals surface area contributed by atoms with Gasteiger partial charge in [0.05, 0.1) is 20.3 Å². The molecule has 144 valence electrons. The number of nitriles is 1. The monoisotopic (exact) mass is 378 g/mol. The number of methoxy groups -OCH3 is 2. The summed E-state index contributed by atoms with van der Waals surface area (Å²) in [6, 6.07) is 16.3. The third kappa shape index (κ3) is 3.20. The number of hydrogen-bond donors (Lipinski definition) is 1. The van der Waals surface area contributed by atoms with E-state index < -0.39 is 23.2 Å². The predicted molar refractivity (Wildman–Crippen MR) is 103 cm³/mol. The number of hydrogen-bond acceptors (Lipinski definition) is 5. The second-order valence-electron chi connectivity index (χ2n) is 6.94. The van der Waals surface area contributed by atoms with Gasteiger partial charge < -0.3 is 15.2 Å². The van der Waals surface area contributed by atoms with Gasteiger partial charge in [0.25, 0.3) is 0 Å². The van der Waals surface area contributed by atoms with Gasteiger partial charge in [0, 0.05) is 24.7 Å². The van der Waals surface area contributed by atoms with Crippen LogP contribution in [0.5, 0.6) is 11.5 Å². The van der Waals surface area contributed by atoms with Crippen LogP contribution < -0.4 is 15.2 Å². The summed E-state index contributed by atoms with van der Waals surface area (Å²) in [7, 11) is 3.11. The molecule has 0 radical (unpaired) electrons. The standard InChI is InChI=1S/C22H22N2O4/c1-27-17-7-3-14(4-8-17)19-11-16(25)12-20(22(19,13-23)21(24)26)15-5-9-18(28-2)10-6-15/h3-10,19-20H,11-12H2,1-2H3,(H2,24,26). The fraction of sp³-hybridized carbons (Fsp3) is 0.318. The smallest absolute Gasteiger partial charge is 0.239 e. The molecule has 1 aliphatic rings. The van der Waals surface area contributed by atoms with Crippen LogP contribution in [-0.2, 0) is 9.59 Å². The van der Waals surface area contributed by atoms with E-state index in [4.69, 9.17) is 15.2 Å². The summed E-state index contributed by atoms with van der Waals surface area (Å²) in [5, 5.41) is 10.2. The molecule has 1 aliphatic carbocycles. The van der Waals surface area contributed by atoms with E-state index in [1.54, 1.807) is 62.8 Å². The minimum atomic E-state index is -1.53. The summed E-state index contributed by atoms with van der Waals surface area (Å²) in [5.41, 5.74) is 5.70. The van der Waals surface area contributed by atoms with Gasteiger partial charge in [-0.05, 0) is 35.4 Å². The summed E-state index contributed by atoms with van der Waals surface area (Å²) in [6.45, 7) is 0. The van der Waals surface area contributed by atoms with E-state index >= 15 is 0 Å². The largest absolute Gasteiger partial charge is 0.497 e. The van der Waals surface area contributed by atoms with Crippen molar-refractivity contribution in [3.8, 4) is 17.6 Å². The lowest BCUT2D eigenvalue weighted by atomic mass is 9.56. The first-order chi connectivity index (χ1) is 13.5. The summed E-state index contributed by atoms with van der Waals surface area (Å²) >= 11 is 0. The number of carbonyl (C=O) groups is 2. The molecule has 6 heteroatoms. The van der Waals surface area contributed by atoms with Crippen molar-refractivity contribution >= 4 is 11.7 Å². The van der Waals surface area contributed by atoms with Crippen LogP contribution in [0, 0.1) is 16.7 Å². The van der Waals surface area contributed by atoms with Crippen LogP contribution in [0.1, 0.15) is 35.8 Å². The van der Waals surface area contributed by atoms with Crippen LogP contribution in [0.4, 0.5) is 0 Å². The molecule has 2 aromatic carbocycles. The molecule has 1 fully saturated rings. The average molecular weight is 378 g/mol. The minimum Gasteiger partial charge on any atom is -0.497 e. The van der Waals surface area contributed by atoms with Crippen molar-refractivity contribution in [2.24, 2.45) is 11.1 Å². The number of ketones is 1. The van der Waals surface area contributed by atoms with Gasteiger partial charge >= 0.3 is 0 Å². The second kappa shape index (κ2) is 7.73. The van der Waals surface area contributed by atoms with E-state index in [2.05, 4.69) is 6.07 Å². The highest BCUT2D eigenvalue weighted by Gasteiger charge is 2.56. The molecule has 1 saturated carbocycles. The molecular weight excluding hydrogens is 356 g/mol. The number of Topliss-reactive ketones (excluding diaryl/α,β-unsaturated/α-hetero) is 1. The quantitative estimate of drug-likeness (QED) is 0.862. The highest BCUT2D eigenvalue weighted by Crippen LogP contribution is 2.53. The molecule has 0 bridgehead atoms. The lowest BCUT2D eigenvalue weighted by molar-refractivity contribution is -0.132. The number of primary amides is 1. The molecule has 2 unspecified atom stereocenters. The molecule has 2 N–H and O–H groups in total. The van der Waals surface area contributed by atoms with Crippen LogP contribution in [0.3, 0.4) is 0 Å². The highest BCUT2D eigenvalue weighted by molar-refractivity contribution is 5.92. The van der Waals surface area contributed by atoms with Crippen LogP contribution in [-0.4, -0.2) is 25.9 Å². The number of ether oxygens (including phenoxy) is 2. The summed E-state index contributed by atoms with van der Waals surface area (Å²) < 4.78 is 10.4. The average Bonchev–Trinajstić information content (AvgIpc) is 2.73. The molecule has 6 nitrogen and oxygen atoms in total. The topological polar surface area (TPSA) is 102 Å². The number of nitrogens with zero attached hydrogens (tertiary/aromatic N) is 1. The van der Waals surface area contributed by atoms with Gasteiger partial charge in [-0.25, -0.2) is 0 Å². The van der Waals surface area contributed by atoms with Gasteiger partial charge in [0.15, 0.2) is 0 Å². The Balaban J connectivity index is 2.13. The Labute approximate surface area is 163 Å². The number of benzene rings is 2. The van der Waals surface area contributed by atoms with Crippen molar-refractivity contribution in [1.82, 2.24) is 0 Å². The number of amides is 1. The number of nitrogens with two attached hydrogens (primary N) is 1. The maximum atomic E-state index is 12.7. The molecule has 2 atom stereocenters. The molecule has 0 aliphatic heterocycles. The van der Waals surface area contributed by atoms with E-state index in [0.29, 0.717) is 22.6 Å². The van der Waals surface area contributed by atoms with Gasteiger partial charge in [-0.15, -0.1) is 0 Å². The van der Waals surface area contributed by atoms with Gasteiger partial charge in [-0.1, -0.05) is 24.3 Å². The Morgan fingerprint density at radius 1 is 0.964 bits per heavy atom. The first-order valence-corrected chi connectivity index (χ1v) is 8.97. The highest BCUT2D eigenvalue weighted by atomic mass is 16.5. The Kier molecular flexibility index (Phi) is 5.36. The normalized spacial score (nSPS) is 24.2. The maximum Gasteiger partial charge on any atom is 0.239 e. The Hall–Kier alpha value is -3.33. The van der Waals surface area contributed by atoms with Crippen molar-refractivity contribution in [2.45, 2.75) is 24.7 Å². The summed E-state index contributed by atoms with van der Waals surface area (Å²) in [6.07, 6.45) is 0.185. The molecule has 28 heavy (non-hydrogen) atoms. The van der Waals surface area contributed by atoms with E-state index in [-0.39, 0.29) is 18.6 Å². The molecule has 0 aromatic heterocycles. The molecule has 2 aromatic rings. The number of rotatable bonds is 5.